The Hall–Kier alpha value is -2.86. The van der Waals surface area contributed by atoms with Gasteiger partial charge in [0, 0.05) is 16.8 Å². The lowest BCUT2D eigenvalue weighted by Crippen LogP contribution is -2.29. The van der Waals surface area contributed by atoms with Gasteiger partial charge in [0.2, 0.25) is 0 Å². The van der Waals surface area contributed by atoms with E-state index < -0.39 is 11.5 Å². The molecule has 6 heteroatoms. The zero-order valence-corrected chi connectivity index (χ0v) is 14.9. The number of anilines is 1. The summed E-state index contributed by atoms with van der Waals surface area (Å²) in [6, 6.07) is 16.5. The predicted octanol–water partition coefficient (Wildman–Crippen LogP) is 4.01. The maximum absolute atomic E-state index is 13.3. The van der Waals surface area contributed by atoms with Crippen molar-refractivity contribution in [2.75, 3.05) is 11.6 Å². The van der Waals surface area contributed by atoms with Gasteiger partial charge < -0.3 is 9.88 Å². The van der Waals surface area contributed by atoms with Crippen LogP contribution in [-0.2, 0) is 6.54 Å². The first kappa shape index (κ1) is 17.9. The summed E-state index contributed by atoms with van der Waals surface area (Å²) in [5, 5.41) is 2.75. The molecule has 0 radical (unpaired) electrons. The number of amides is 1. The quantitative estimate of drug-likeness (QED) is 0.693. The number of benzene rings is 2. The third-order valence-electron chi connectivity index (χ3n) is 3.83. The molecule has 132 valence electrons. The lowest BCUT2D eigenvalue weighted by molar-refractivity contribution is 0.102. The largest absolute Gasteiger partial charge is 0.322 e. The third kappa shape index (κ3) is 4.21. The first-order valence-electron chi connectivity index (χ1n) is 7.96. The molecule has 0 aliphatic rings. The van der Waals surface area contributed by atoms with Gasteiger partial charge in [-0.25, -0.2) is 4.39 Å². The number of hydrogen-bond acceptors (Lipinski definition) is 3. The van der Waals surface area contributed by atoms with Crippen LogP contribution in [0, 0.1) is 5.82 Å². The minimum Gasteiger partial charge on any atom is -0.322 e. The van der Waals surface area contributed by atoms with Gasteiger partial charge in [-0.15, -0.1) is 11.8 Å². The van der Waals surface area contributed by atoms with Crippen LogP contribution in [0.2, 0.25) is 0 Å². The summed E-state index contributed by atoms with van der Waals surface area (Å²) in [4.78, 5) is 26.1. The minimum atomic E-state index is -0.471. The van der Waals surface area contributed by atoms with E-state index in [0.29, 0.717) is 11.3 Å². The summed E-state index contributed by atoms with van der Waals surface area (Å²) >= 11 is 1.57. The van der Waals surface area contributed by atoms with Crippen LogP contribution >= 0.6 is 11.8 Å². The van der Waals surface area contributed by atoms with Crippen LogP contribution in [-0.4, -0.2) is 16.7 Å². The standard InChI is InChI=1S/C20H17FN2O2S/c1-26-17-8-3-7-16(12-17)22-19(24)18-9-4-10-23(20(18)25)13-14-5-2-6-15(21)11-14/h2-12H,13H2,1H3,(H,22,24). The molecule has 1 amide bonds. The highest BCUT2D eigenvalue weighted by molar-refractivity contribution is 7.98. The van der Waals surface area contributed by atoms with Crippen molar-refractivity contribution in [1.29, 1.82) is 0 Å². The van der Waals surface area contributed by atoms with Gasteiger partial charge in [0.15, 0.2) is 0 Å². The summed E-state index contributed by atoms with van der Waals surface area (Å²) in [6.07, 6.45) is 3.53. The fourth-order valence-corrected chi connectivity index (χ4v) is 3.02. The highest BCUT2D eigenvalue weighted by Gasteiger charge is 2.13. The Labute approximate surface area is 154 Å². The second-order valence-electron chi connectivity index (χ2n) is 5.67. The van der Waals surface area contributed by atoms with Crippen LogP contribution < -0.4 is 10.9 Å². The summed E-state index contributed by atoms with van der Waals surface area (Å²) in [7, 11) is 0. The summed E-state index contributed by atoms with van der Waals surface area (Å²) < 4.78 is 14.7. The number of thioether (sulfide) groups is 1. The van der Waals surface area contributed by atoms with E-state index in [4.69, 9.17) is 0 Å². The number of rotatable bonds is 5. The Morgan fingerprint density at radius 2 is 1.92 bits per heavy atom. The van der Waals surface area contributed by atoms with E-state index in [2.05, 4.69) is 5.32 Å². The van der Waals surface area contributed by atoms with Crippen molar-refractivity contribution in [3.63, 3.8) is 0 Å². The van der Waals surface area contributed by atoms with Crippen LogP contribution in [0.1, 0.15) is 15.9 Å². The van der Waals surface area contributed by atoms with E-state index in [1.54, 1.807) is 42.2 Å². The summed E-state index contributed by atoms with van der Waals surface area (Å²) in [6.45, 7) is 0.194. The van der Waals surface area contributed by atoms with Gasteiger partial charge in [-0.1, -0.05) is 18.2 Å². The van der Waals surface area contributed by atoms with Crippen molar-refractivity contribution >= 4 is 23.4 Å². The van der Waals surface area contributed by atoms with Gasteiger partial charge >= 0.3 is 0 Å². The number of halogens is 1. The van der Waals surface area contributed by atoms with E-state index in [-0.39, 0.29) is 17.9 Å². The molecule has 2 aromatic carbocycles. The van der Waals surface area contributed by atoms with Gasteiger partial charge in [0.1, 0.15) is 11.4 Å². The Bertz CT molecular complexity index is 1000. The number of hydrogen-bond donors (Lipinski definition) is 1. The number of nitrogens with one attached hydrogen (secondary N) is 1. The van der Waals surface area contributed by atoms with Crippen molar-refractivity contribution in [2.45, 2.75) is 11.4 Å². The molecule has 0 spiro atoms. The van der Waals surface area contributed by atoms with Gasteiger partial charge in [-0.2, -0.15) is 0 Å². The molecule has 26 heavy (non-hydrogen) atoms. The first-order valence-corrected chi connectivity index (χ1v) is 9.18. The van der Waals surface area contributed by atoms with Gasteiger partial charge in [0.05, 0.1) is 6.54 Å². The van der Waals surface area contributed by atoms with Crippen LogP contribution in [0.15, 0.2) is 76.6 Å². The molecule has 3 aromatic rings. The molecular formula is C20H17FN2O2S. The Balaban J connectivity index is 1.84. The third-order valence-corrected chi connectivity index (χ3v) is 4.56. The highest BCUT2D eigenvalue weighted by atomic mass is 32.2. The van der Waals surface area contributed by atoms with Gasteiger partial charge in [-0.05, 0) is 54.3 Å². The monoisotopic (exact) mass is 368 g/mol. The average Bonchev–Trinajstić information content (AvgIpc) is 2.63. The van der Waals surface area contributed by atoms with Crippen molar-refractivity contribution < 1.29 is 9.18 Å². The van der Waals surface area contributed by atoms with E-state index in [9.17, 15) is 14.0 Å². The predicted molar refractivity (Wildman–Crippen MR) is 102 cm³/mol. The normalized spacial score (nSPS) is 10.5. The molecule has 0 fully saturated rings. The topological polar surface area (TPSA) is 51.1 Å². The number of carbonyl (C=O) groups is 1. The van der Waals surface area contributed by atoms with E-state index in [0.717, 1.165) is 4.90 Å². The number of nitrogens with zero attached hydrogens (tertiary/aromatic N) is 1. The Morgan fingerprint density at radius 1 is 1.12 bits per heavy atom. The summed E-state index contributed by atoms with van der Waals surface area (Å²) in [5.41, 5.74) is 0.896. The smallest absolute Gasteiger partial charge is 0.263 e. The molecule has 1 heterocycles. The van der Waals surface area contributed by atoms with Gasteiger partial charge in [0.25, 0.3) is 11.5 Å². The average molecular weight is 368 g/mol. The minimum absolute atomic E-state index is 0.0402. The molecule has 0 unspecified atom stereocenters. The van der Waals surface area contributed by atoms with Crippen LogP contribution in [0.25, 0.3) is 0 Å². The van der Waals surface area contributed by atoms with Crippen molar-refractivity contribution in [3.05, 3.63) is 94.2 Å². The lowest BCUT2D eigenvalue weighted by Gasteiger charge is -2.09. The molecule has 1 aromatic heterocycles. The van der Waals surface area contributed by atoms with E-state index >= 15 is 0 Å². The molecule has 4 nitrogen and oxygen atoms in total. The molecular weight excluding hydrogens is 351 g/mol. The molecule has 0 atom stereocenters. The Kier molecular flexibility index (Phi) is 5.53. The van der Waals surface area contributed by atoms with Crippen LogP contribution in [0.3, 0.4) is 0 Å². The van der Waals surface area contributed by atoms with E-state index in [1.165, 1.54) is 22.8 Å². The molecule has 0 aliphatic carbocycles. The second kappa shape index (κ2) is 8.01. The SMILES string of the molecule is CSc1cccc(NC(=O)c2cccn(Cc3cccc(F)c3)c2=O)c1. The summed E-state index contributed by atoms with van der Waals surface area (Å²) in [5.74, 6) is -0.833. The molecule has 1 N–H and O–H groups in total. The zero-order valence-electron chi connectivity index (χ0n) is 14.1. The fraction of sp³-hybridized carbons (Fsp3) is 0.100. The molecule has 0 bridgehead atoms. The van der Waals surface area contributed by atoms with Crippen molar-refractivity contribution in [2.24, 2.45) is 0 Å². The fourth-order valence-electron chi connectivity index (χ4n) is 2.57. The van der Waals surface area contributed by atoms with Gasteiger partial charge in [-0.3, -0.25) is 9.59 Å². The first-order chi connectivity index (χ1) is 12.6. The molecule has 0 saturated carbocycles. The number of pyridine rings is 1. The molecule has 0 saturated heterocycles. The van der Waals surface area contributed by atoms with Crippen LogP contribution in [0.4, 0.5) is 10.1 Å². The second-order valence-corrected chi connectivity index (χ2v) is 6.55. The van der Waals surface area contributed by atoms with Crippen LogP contribution in [0.5, 0.6) is 0 Å². The number of aromatic nitrogens is 1. The Morgan fingerprint density at radius 3 is 2.69 bits per heavy atom. The molecule has 3 rings (SSSR count). The number of carbonyl (C=O) groups excluding carboxylic acids is 1. The zero-order chi connectivity index (χ0) is 18.5. The lowest BCUT2D eigenvalue weighted by atomic mass is 10.2. The highest BCUT2D eigenvalue weighted by Crippen LogP contribution is 2.19. The maximum Gasteiger partial charge on any atom is 0.263 e. The molecule has 0 aliphatic heterocycles. The maximum atomic E-state index is 13.3. The van der Waals surface area contributed by atoms with Crippen molar-refractivity contribution in [1.82, 2.24) is 4.57 Å². The van der Waals surface area contributed by atoms with Crippen molar-refractivity contribution in [3.8, 4) is 0 Å². The van der Waals surface area contributed by atoms with E-state index in [1.807, 2.05) is 24.5 Å².